The van der Waals surface area contributed by atoms with Crippen molar-refractivity contribution >= 4 is 29.5 Å². The van der Waals surface area contributed by atoms with Crippen molar-refractivity contribution in [2.24, 2.45) is 17.8 Å². The van der Waals surface area contributed by atoms with Crippen LogP contribution in [0.1, 0.15) is 72.1 Å². The molecule has 4 aliphatic rings. The SMILES string of the molecule is C=CCN(CCC)C(=O)[C@@H]1[C@H]2C(=O)N([C@@H](CO)C(C)C)C(C(=O)N(CC=C)C3CCCCC3)C23CC[C@H]1S3. The molecule has 2 unspecified atom stereocenters. The maximum Gasteiger partial charge on any atom is 0.247 e. The number of rotatable bonds is 12. The second-order valence-corrected chi connectivity index (χ2v) is 13.5. The van der Waals surface area contributed by atoms with Crippen LogP contribution in [0, 0.1) is 17.8 Å². The van der Waals surface area contributed by atoms with Gasteiger partial charge in [0.25, 0.3) is 0 Å². The minimum Gasteiger partial charge on any atom is -0.394 e. The number of aliphatic hydroxyl groups is 1. The molecule has 3 aliphatic heterocycles. The second kappa shape index (κ2) is 12.2. The zero-order valence-electron chi connectivity index (χ0n) is 23.5. The largest absolute Gasteiger partial charge is 0.394 e. The fourth-order valence-electron chi connectivity index (χ4n) is 7.67. The topological polar surface area (TPSA) is 81.2 Å². The lowest BCUT2D eigenvalue weighted by Gasteiger charge is -2.43. The van der Waals surface area contributed by atoms with E-state index in [1.165, 1.54) is 6.42 Å². The van der Waals surface area contributed by atoms with E-state index in [1.54, 1.807) is 28.8 Å². The van der Waals surface area contributed by atoms with Crippen LogP contribution < -0.4 is 0 Å². The van der Waals surface area contributed by atoms with Gasteiger partial charge in [-0.25, -0.2) is 0 Å². The van der Waals surface area contributed by atoms with Crippen LogP contribution in [-0.4, -0.2) is 91.9 Å². The van der Waals surface area contributed by atoms with Crippen molar-refractivity contribution in [1.82, 2.24) is 14.7 Å². The Morgan fingerprint density at radius 3 is 2.39 bits per heavy atom. The summed E-state index contributed by atoms with van der Waals surface area (Å²) in [6.45, 7) is 15.1. The standard InChI is InChI=1S/C30H47N3O4S/c1-6-16-31(17-7-2)27(35)24-23-14-15-30(38-23)25(24)28(36)33(22(19-34)20(4)5)26(30)29(37)32(18-8-3)21-12-10-9-11-13-21/h6,8,20-26,34H,1,3,7,9-19H2,2,4-5H3/t22-,23+,24-,25-,26?,30?/m0/s1. The van der Waals surface area contributed by atoms with Crippen molar-refractivity contribution < 1.29 is 19.5 Å². The number of thioether (sulfide) groups is 1. The van der Waals surface area contributed by atoms with Crippen molar-refractivity contribution in [2.45, 2.75) is 100 Å². The molecule has 6 atom stereocenters. The zero-order valence-corrected chi connectivity index (χ0v) is 24.3. The summed E-state index contributed by atoms with van der Waals surface area (Å²) >= 11 is 1.71. The Balaban J connectivity index is 1.77. The molecule has 0 aromatic rings. The second-order valence-electron chi connectivity index (χ2n) is 11.9. The van der Waals surface area contributed by atoms with Gasteiger partial charge in [-0.05, 0) is 38.0 Å². The molecule has 3 heterocycles. The van der Waals surface area contributed by atoms with Crippen molar-refractivity contribution in [3.05, 3.63) is 25.3 Å². The van der Waals surface area contributed by atoms with E-state index in [0.29, 0.717) is 19.6 Å². The fraction of sp³-hybridized carbons (Fsp3) is 0.767. The molecule has 2 bridgehead atoms. The van der Waals surface area contributed by atoms with Gasteiger partial charge in [0.1, 0.15) is 6.04 Å². The summed E-state index contributed by atoms with van der Waals surface area (Å²) in [5.74, 6) is -1.14. The van der Waals surface area contributed by atoms with Gasteiger partial charge >= 0.3 is 0 Å². The first-order chi connectivity index (χ1) is 18.3. The Kier molecular flexibility index (Phi) is 9.34. The molecule has 1 aliphatic carbocycles. The molecule has 1 N–H and O–H groups in total. The highest BCUT2D eigenvalue weighted by Crippen LogP contribution is 2.67. The highest BCUT2D eigenvalue weighted by Gasteiger charge is 2.74. The first-order valence-corrected chi connectivity index (χ1v) is 15.6. The van der Waals surface area contributed by atoms with Crippen molar-refractivity contribution in [1.29, 1.82) is 0 Å². The van der Waals surface area contributed by atoms with E-state index >= 15 is 0 Å². The molecular weight excluding hydrogens is 498 g/mol. The first kappa shape index (κ1) is 29.2. The van der Waals surface area contributed by atoms with Gasteiger partial charge in [-0.3, -0.25) is 14.4 Å². The Labute approximate surface area is 233 Å². The number of carbonyl (C=O) groups excluding carboxylic acids is 3. The van der Waals surface area contributed by atoms with Crippen molar-refractivity contribution in [2.75, 3.05) is 26.2 Å². The number of aliphatic hydroxyl groups excluding tert-OH is 1. The highest BCUT2D eigenvalue weighted by molar-refractivity contribution is 8.02. The van der Waals surface area contributed by atoms with Gasteiger partial charge in [0.05, 0.1) is 29.2 Å². The third kappa shape index (κ3) is 4.85. The molecule has 0 aromatic carbocycles. The summed E-state index contributed by atoms with van der Waals surface area (Å²) in [5.41, 5.74) is 0. The van der Waals surface area contributed by atoms with E-state index in [2.05, 4.69) is 13.2 Å². The Morgan fingerprint density at radius 1 is 1.13 bits per heavy atom. The van der Waals surface area contributed by atoms with Gasteiger partial charge in [-0.15, -0.1) is 24.9 Å². The van der Waals surface area contributed by atoms with E-state index in [1.807, 2.05) is 30.6 Å². The number of hydrogen-bond acceptors (Lipinski definition) is 5. The lowest BCUT2D eigenvalue weighted by molar-refractivity contribution is -0.149. The number of hydrogen-bond donors (Lipinski definition) is 1. The quantitative estimate of drug-likeness (QED) is 0.377. The molecule has 1 saturated carbocycles. The maximum absolute atomic E-state index is 14.7. The average molecular weight is 546 g/mol. The summed E-state index contributed by atoms with van der Waals surface area (Å²) in [4.78, 5) is 48.6. The van der Waals surface area contributed by atoms with Gasteiger partial charge in [0.2, 0.25) is 17.7 Å². The number of amides is 3. The Hall–Kier alpha value is -1.80. The van der Waals surface area contributed by atoms with Crippen LogP contribution in [0.2, 0.25) is 0 Å². The van der Waals surface area contributed by atoms with E-state index in [4.69, 9.17) is 0 Å². The van der Waals surface area contributed by atoms with Crippen LogP contribution in [0.5, 0.6) is 0 Å². The Bertz CT molecular complexity index is 919. The normalized spacial score (nSPS) is 31.4. The monoisotopic (exact) mass is 545 g/mol. The minimum atomic E-state index is -0.673. The van der Waals surface area contributed by atoms with E-state index in [-0.39, 0.29) is 41.5 Å². The zero-order chi connectivity index (χ0) is 27.6. The highest BCUT2D eigenvalue weighted by atomic mass is 32.2. The molecule has 4 rings (SSSR count). The van der Waals surface area contributed by atoms with E-state index in [9.17, 15) is 19.5 Å². The minimum absolute atomic E-state index is 0.0116. The number of fused-ring (bicyclic) bond motifs is 1. The predicted molar refractivity (Wildman–Crippen MR) is 153 cm³/mol. The van der Waals surface area contributed by atoms with Crippen molar-refractivity contribution in [3.63, 3.8) is 0 Å². The lowest BCUT2D eigenvalue weighted by Crippen LogP contribution is -2.60. The van der Waals surface area contributed by atoms with Gasteiger partial charge in [-0.2, -0.15) is 0 Å². The maximum atomic E-state index is 14.7. The van der Waals surface area contributed by atoms with Crippen molar-refractivity contribution in [3.8, 4) is 0 Å². The summed E-state index contributed by atoms with van der Waals surface area (Å²) in [6, 6.07) is -1.00. The fourth-order valence-corrected chi connectivity index (χ4v) is 9.86. The third-order valence-electron chi connectivity index (χ3n) is 9.35. The molecule has 3 saturated heterocycles. The van der Waals surface area contributed by atoms with Gasteiger partial charge in [0, 0.05) is 30.9 Å². The summed E-state index contributed by atoms with van der Waals surface area (Å²) < 4.78 is -0.637. The van der Waals surface area contributed by atoms with Crippen LogP contribution in [0.4, 0.5) is 0 Å². The van der Waals surface area contributed by atoms with Crippen LogP contribution in [-0.2, 0) is 14.4 Å². The molecule has 3 amide bonds. The predicted octanol–water partition coefficient (Wildman–Crippen LogP) is 3.87. The van der Waals surface area contributed by atoms with Crippen LogP contribution >= 0.6 is 11.8 Å². The van der Waals surface area contributed by atoms with Crippen LogP contribution in [0.3, 0.4) is 0 Å². The summed E-state index contributed by atoms with van der Waals surface area (Å²) in [7, 11) is 0. The van der Waals surface area contributed by atoms with E-state index < -0.39 is 28.7 Å². The number of likely N-dealkylation sites (tertiary alicyclic amines) is 1. The lowest BCUT2D eigenvalue weighted by atomic mass is 9.70. The Morgan fingerprint density at radius 2 is 1.82 bits per heavy atom. The average Bonchev–Trinajstić information content (AvgIpc) is 3.55. The van der Waals surface area contributed by atoms with Gasteiger partial charge in [0.15, 0.2) is 0 Å². The molecule has 212 valence electrons. The smallest absolute Gasteiger partial charge is 0.247 e. The molecule has 0 radical (unpaired) electrons. The third-order valence-corrected chi connectivity index (χ3v) is 11.3. The molecule has 4 fully saturated rings. The molecular formula is C30H47N3O4S. The molecule has 0 aromatic heterocycles. The number of nitrogens with zero attached hydrogens (tertiary/aromatic N) is 3. The van der Waals surface area contributed by atoms with Crippen LogP contribution in [0.25, 0.3) is 0 Å². The molecule has 7 nitrogen and oxygen atoms in total. The van der Waals surface area contributed by atoms with Gasteiger partial charge in [-0.1, -0.05) is 52.2 Å². The first-order valence-electron chi connectivity index (χ1n) is 14.7. The molecule has 38 heavy (non-hydrogen) atoms. The van der Waals surface area contributed by atoms with E-state index in [0.717, 1.165) is 44.9 Å². The van der Waals surface area contributed by atoms with Gasteiger partial charge < -0.3 is 19.8 Å². The van der Waals surface area contributed by atoms with Crippen LogP contribution in [0.15, 0.2) is 25.3 Å². The summed E-state index contributed by atoms with van der Waals surface area (Å²) in [5, 5.41) is 10.5. The molecule has 8 heteroatoms. The number of carbonyl (C=O) groups is 3. The summed E-state index contributed by atoms with van der Waals surface area (Å²) in [6.07, 6.45) is 11.3. The molecule has 1 spiro atoms.